The Morgan fingerprint density at radius 1 is 1.00 bits per heavy atom. The molecule has 0 aliphatic heterocycles. The van der Waals surface area contributed by atoms with Crippen LogP contribution in [0.4, 0.5) is 0 Å². The van der Waals surface area contributed by atoms with Crippen LogP contribution in [0.1, 0.15) is 31.9 Å². The van der Waals surface area contributed by atoms with E-state index in [1.165, 1.54) is 5.56 Å². The topological polar surface area (TPSA) is 40.5 Å². The van der Waals surface area contributed by atoms with Gasteiger partial charge >= 0.3 is 0 Å². The monoisotopic (exact) mass is 256 g/mol. The van der Waals surface area contributed by atoms with Crippen LogP contribution in [-0.2, 0) is 12.0 Å². The molecule has 2 rings (SSSR count). The Kier molecular flexibility index (Phi) is 3.63. The van der Waals surface area contributed by atoms with Crippen LogP contribution in [0.3, 0.4) is 0 Å². The van der Waals surface area contributed by atoms with Gasteiger partial charge in [-0.2, -0.15) is 0 Å². The fourth-order valence-electron chi connectivity index (χ4n) is 2.24. The highest BCUT2D eigenvalue weighted by Gasteiger charge is 2.19. The first-order valence-corrected chi connectivity index (χ1v) is 6.45. The molecule has 19 heavy (non-hydrogen) atoms. The molecule has 0 aliphatic rings. The van der Waals surface area contributed by atoms with Gasteiger partial charge in [-0.1, -0.05) is 51.1 Å². The fourth-order valence-corrected chi connectivity index (χ4v) is 2.24. The number of aromatic hydroxyl groups is 1. The number of phenolic OH excluding ortho intramolecular Hbond substituents is 1. The maximum atomic E-state index is 9.63. The largest absolute Gasteiger partial charge is 0.508 e. The molecule has 2 aromatic carbocycles. The molecule has 0 amide bonds. The average molecular weight is 256 g/mol. The van der Waals surface area contributed by atoms with E-state index in [9.17, 15) is 10.2 Å². The van der Waals surface area contributed by atoms with Gasteiger partial charge < -0.3 is 10.2 Å². The quantitative estimate of drug-likeness (QED) is 0.856. The third kappa shape index (κ3) is 2.96. The van der Waals surface area contributed by atoms with Gasteiger partial charge in [-0.15, -0.1) is 0 Å². The van der Waals surface area contributed by atoms with E-state index in [1.807, 2.05) is 30.3 Å². The van der Waals surface area contributed by atoms with Gasteiger partial charge in [-0.05, 0) is 39.8 Å². The molecular weight excluding hydrogens is 236 g/mol. The number of hydrogen-bond donors (Lipinski definition) is 2. The van der Waals surface area contributed by atoms with Crippen molar-refractivity contribution in [2.45, 2.75) is 32.8 Å². The standard InChI is InChI=1S/C17H20O2/c1-17(2,3)16-9-12(11-18)7-8-15(16)13-5-4-6-14(19)10-13/h4-10,18-19H,11H2,1-3H3. The van der Waals surface area contributed by atoms with Gasteiger partial charge in [0.2, 0.25) is 0 Å². The van der Waals surface area contributed by atoms with Crippen LogP contribution >= 0.6 is 0 Å². The van der Waals surface area contributed by atoms with E-state index >= 15 is 0 Å². The Balaban J connectivity index is 2.63. The fraction of sp³-hybridized carbons (Fsp3) is 0.294. The molecule has 0 unspecified atom stereocenters. The van der Waals surface area contributed by atoms with E-state index in [2.05, 4.69) is 20.8 Å². The third-order valence-electron chi connectivity index (χ3n) is 3.23. The van der Waals surface area contributed by atoms with Crippen molar-refractivity contribution in [1.82, 2.24) is 0 Å². The normalized spacial score (nSPS) is 11.6. The Labute approximate surface area is 114 Å². The lowest BCUT2D eigenvalue weighted by Gasteiger charge is -2.24. The van der Waals surface area contributed by atoms with Crippen molar-refractivity contribution in [3.8, 4) is 16.9 Å². The highest BCUT2D eigenvalue weighted by atomic mass is 16.3. The van der Waals surface area contributed by atoms with Gasteiger partial charge in [0, 0.05) is 0 Å². The minimum atomic E-state index is -0.0219. The smallest absolute Gasteiger partial charge is 0.116 e. The second kappa shape index (κ2) is 5.06. The molecule has 0 aliphatic carbocycles. The zero-order chi connectivity index (χ0) is 14.0. The molecule has 0 aromatic heterocycles. The molecule has 0 fully saturated rings. The zero-order valence-electron chi connectivity index (χ0n) is 11.6. The molecule has 2 N–H and O–H groups in total. The minimum absolute atomic E-state index is 0.0219. The van der Waals surface area contributed by atoms with E-state index < -0.39 is 0 Å². The van der Waals surface area contributed by atoms with E-state index in [-0.39, 0.29) is 17.8 Å². The number of aliphatic hydroxyl groups excluding tert-OH is 1. The lowest BCUT2D eigenvalue weighted by atomic mass is 9.81. The van der Waals surface area contributed by atoms with E-state index in [1.54, 1.807) is 12.1 Å². The summed E-state index contributed by atoms with van der Waals surface area (Å²) >= 11 is 0. The highest BCUT2D eigenvalue weighted by molar-refractivity contribution is 5.70. The molecule has 100 valence electrons. The van der Waals surface area contributed by atoms with E-state index in [0.717, 1.165) is 16.7 Å². The van der Waals surface area contributed by atoms with Gasteiger partial charge in [0.05, 0.1) is 6.61 Å². The molecule has 0 atom stereocenters. The van der Waals surface area contributed by atoms with E-state index in [4.69, 9.17) is 0 Å². The first kappa shape index (κ1) is 13.6. The van der Waals surface area contributed by atoms with Crippen LogP contribution in [0.15, 0.2) is 42.5 Å². The lowest BCUT2D eigenvalue weighted by Crippen LogP contribution is -2.13. The lowest BCUT2D eigenvalue weighted by molar-refractivity contribution is 0.281. The summed E-state index contributed by atoms with van der Waals surface area (Å²) in [7, 11) is 0. The Hall–Kier alpha value is -1.80. The molecule has 0 heterocycles. The summed E-state index contributed by atoms with van der Waals surface area (Å²) in [6.45, 7) is 6.49. The van der Waals surface area contributed by atoms with Crippen molar-refractivity contribution in [1.29, 1.82) is 0 Å². The predicted molar refractivity (Wildman–Crippen MR) is 78.2 cm³/mol. The summed E-state index contributed by atoms with van der Waals surface area (Å²) in [5.41, 5.74) is 4.15. The molecule has 0 radical (unpaired) electrons. The van der Waals surface area contributed by atoms with Crippen LogP contribution in [0.25, 0.3) is 11.1 Å². The molecule has 2 heteroatoms. The Bertz CT molecular complexity index is 580. The van der Waals surface area contributed by atoms with Crippen LogP contribution in [0, 0.1) is 0 Å². The summed E-state index contributed by atoms with van der Waals surface area (Å²) in [6, 6.07) is 13.3. The molecule has 2 nitrogen and oxygen atoms in total. The van der Waals surface area contributed by atoms with Crippen molar-refractivity contribution in [2.75, 3.05) is 0 Å². The van der Waals surface area contributed by atoms with Gasteiger partial charge in [0.1, 0.15) is 5.75 Å². The maximum Gasteiger partial charge on any atom is 0.116 e. The summed E-state index contributed by atoms with van der Waals surface area (Å²) < 4.78 is 0. The molecule has 0 bridgehead atoms. The summed E-state index contributed by atoms with van der Waals surface area (Å²) in [6.07, 6.45) is 0. The van der Waals surface area contributed by atoms with Crippen molar-refractivity contribution >= 4 is 0 Å². The zero-order valence-corrected chi connectivity index (χ0v) is 11.6. The van der Waals surface area contributed by atoms with Crippen molar-refractivity contribution in [3.05, 3.63) is 53.6 Å². The number of aliphatic hydroxyl groups is 1. The molecule has 2 aromatic rings. The first-order valence-electron chi connectivity index (χ1n) is 6.45. The second-order valence-electron chi connectivity index (χ2n) is 5.84. The predicted octanol–water partition coefficient (Wildman–Crippen LogP) is 3.85. The van der Waals surface area contributed by atoms with Gasteiger partial charge in [-0.3, -0.25) is 0 Å². The Morgan fingerprint density at radius 3 is 2.32 bits per heavy atom. The second-order valence-corrected chi connectivity index (χ2v) is 5.84. The average Bonchev–Trinajstić information content (AvgIpc) is 2.37. The van der Waals surface area contributed by atoms with E-state index in [0.29, 0.717) is 0 Å². The van der Waals surface area contributed by atoms with Gasteiger partial charge in [0.25, 0.3) is 0 Å². The molecule has 0 saturated heterocycles. The van der Waals surface area contributed by atoms with Gasteiger partial charge in [0.15, 0.2) is 0 Å². The summed E-state index contributed by atoms with van der Waals surface area (Å²) in [4.78, 5) is 0. The van der Waals surface area contributed by atoms with Crippen molar-refractivity contribution < 1.29 is 10.2 Å². The van der Waals surface area contributed by atoms with Crippen LogP contribution in [0.5, 0.6) is 5.75 Å². The Morgan fingerprint density at radius 2 is 1.74 bits per heavy atom. The van der Waals surface area contributed by atoms with Crippen LogP contribution in [-0.4, -0.2) is 10.2 Å². The molecule has 0 spiro atoms. The molecule has 0 saturated carbocycles. The molecular formula is C17H20O2. The number of phenols is 1. The SMILES string of the molecule is CC(C)(C)c1cc(CO)ccc1-c1cccc(O)c1. The van der Waals surface area contributed by atoms with Gasteiger partial charge in [-0.25, -0.2) is 0 Å². The number of rotatable bonds is 2. The summed E-state index contributed by atoms with van der Waals surface area (Å²) in [5.74, 6) is 0.267. The van der Waals surface area contributed by atoms with Crippen molar-refractivity contribution in [2.24, 2.45) is 0 Å². The summed E-state index contributed by atoms with van der Waals surface area (Å²) in [5, 5.41) is 18.9. The number of benzene rings is 2. The van der Waals surface area contributed by atoms with Crippen molar-refractivity contribution in [3.63, 3.8) is 0 Å². The first-order chi connectivity index (χ1) is 8.91. The minimum Gasteiger partial charge on any atom is -0.508 e. The number of hydrogen-bond acceptors (Lipinski definition) is 2. The highest BCUT2D eigenvalue weighted by Crippen LogP contribution is 2.34. The van der Waals surface area contributed by atoms with Crippen LogP contribution < -0.4 is 0 Å². The third-order valence-corrected chi connectivity index (χ3v) is 3.23. The maximum absolute atomic E-state index is 9.63. The van der Waals surface area contributed by atoms with Crippen LogP contribution in [0.2, 0.25) is 0 Å².